The molecule has 0 aromatic heterocycles. The Morgan fingerprint density at radius 2 is 1.88 bits per heavy atom. The summed E-state index contributed by atoms with van der Waals surface area (Å²) < 4.78 is 15.3. The zero-order chi connectivity index (χ0) is 12.7. The molecule has 2 N–H and O–H groups in total. The first kappa shape index (κ1) is 13.3. The second-order valence-corrected chi connectivity index (χ2v) is 3.32. The van der Waals surface area contributed by atoms with Crippen LogP contribution in [-0.4, -0.2) is 32.3 Å². The maximum atomic E-state index is 11.1. The Morgan fingerprint density at radius 1 is 1.29 bits per heavy atom. The van der Waals surface area contributed by atoms with Crippen molar-refractivity contribution in [3.05, 3.63) is 24.3 Å². The van der Waals surface area contributed by atoms with Crippen LogP contribution >= 0.6 is 0 Å². The number of carbonyl (C=O) groups excluding carboxylic acids is 1. The molecule has 0 saturated carbocycles. The lowest BCUT2D eigenvalue weighted by atomic mass is 10.3. The molecule has 17 heavy (non-hydrogen) atoms. The molecule has 94 valence electrons. The second kappa shape index (κ2) is 6.75. The summed E-state index contributed by atoms with van der Waals surface area (Å²) >= 11 is 0. The molecule has 1 unspecified atom stereocenters. The molecule has 0 fully saturated rings. The standard InChI is InChI=1S/C12H17NO4/c1-3-16-10-6-4-5-7-11(10)17-8-9(13)12(14)15-2/h4-7,9H,3,8,13H2,1-2H3. The lowest BCUT2D eigenvalue weighted by Gasteiger charge is -2.14. The van der Waals surface area contributed by atoms with Crippen molar-refractivity contribution in [2.45, 2.75) is 13.0 Å². The molecular weight excluding hydrogens is 222 g/mol. The summed E-state index contributed by atoms with van der Waals surface area (Å²) in [7, 11) is 1.29. The van der Waals surface area contributed by atoms with Crippen LogP contribution in [0.5, 0.6) is 11.5 Å². The number of carbonyl (C=O) groups is 1. The Hall–Kier alpha value is -1.75. The molecule has 1 aromatic rings. The molecule has 5 heteroatoms. The van der Waals surface area contributed by atoms with Gasteiger partial charge < -0.3 is 19.9 Å². The van der Waals surface area contributed by atoms with Crippen LogP contribution in [0, 0.1) is 0 Å². The van der Waals surface area contributed by atoms with E-state index in [-0.39, 0.29) is 6.61 Å². The van der Waals surface area contributed by atoms with Gasteiger partial charge in [-0.3, -0.25) is 4.79 Å². The van der Waals surface area contributed by atoms with Gasteiger partial charge in [0.15, 0.2) is 11.5 Å². The minimum Gasteiger partial charge on any atom is -0.490 e. The van der Waals surface area contributed by atoms with Crippen LogP contribution in [0.25, 0.3) is 0 Å². The highest BCUT2D eigenvalue weighted by Gasteiger charge is 2.15. The highest BCUT2D eigenvalue weighted by atomic mass is 16.5. The summed E-state index contributed by atoms with van der Waals surface area (Å²) in [6.45, 7) is 2.48. The van der Waals surface area contributed by atoms with Gasteiger partial charge in [-0.2, -0.15) is 0 Å². The van der Waals surface area contributed by atoms with Crippen LogP contribution in [0.3, 0.4) is 0 Å². The quantitative estimate of drug-likeness (QED) is 0.749. The molecule has 0 aliphatic carbocycles. The van der Waals surface area contributed by atoms with Gasteiger partial charge in [0, 0.05) is 0 Å². The molecule has 0 heterocycles. The van der Waals surface area contributed by atoms with Crippen LogP contribution in [0.2, 0.25) is 0 Å². The molecule has 0 spiro atoms. The molecule has 0 radical (unpaired) electrons. The van der Waals surface area contributed by atoms with Gasteiger partial charge in [-0.05, 0) is 19.1 Å². The van der Waals surface area contributed by atoms with Crippen molar-refractivity contribution in [2.24, 2.45) is 5.73 Å². The maximum Gasteiger partial charge on any atom is 0.326 e. The number of hydrogen-bond donors (Lipinski definition) is 1. The van der Waals surface area contributed by atoms with E-state index in [0.717, 1.165) is 0 Å². The molecule has 0 aliphatic heterocycles. The third kappa shape index (κ3) is 3.96. The zero-order valence-electron chi connectivity index (χ0n) is 10.0. The van der Waals surface area contributed by atoms with E-state index in [1.807, 2.05) is 19.1 Å². The summed E-state index contributed by atoms with van der Waals surface area (Å²) in [5.41, 5.74) is 5.56. The van der Waals surface area contributed by atoms with Crippen molar-refractivity contribution >= 4 is 5.97 Å². The molecule has 0 bridgehead atoms. The number of ether oxygens (including phenoxy) is 3. The number of rotatable bonds is 6. The van der Waals surface area contributed by atoms with Crippen LogP contribution in [0.15, 0.2) is 24.3 Å². The van der Waals surface area contributed by atoms with Crippen molar-refractivity contribution < 1.29 is 19.0 Å². The lowest BCUT2D eigenvalue weighted by Crippen LogP contribution is -2.37. The van der Waals surface area contributed by atoms with Gasteiger partial charge in [0.05, 0.1) is 13.7 Å². The average molecular weight is 239 g/mol. The van der Waals surface area contributed by atoms with E-state index in [2.05, 4.69) is 4.74 Å². The first-order chi connectivity index (χ1) is 8.19. The Bertz CT molecular complexity index is 367. The molecule has 0 amide bonds. The molecule has 0 saturated heterocycles. The first-order valence-electron chi connectivity index (χ1n) is 5.37. The van der Waals surface area contributed by atoms with Crippen molar-refractivity contribution in [3.63, 3.8) is 0 Å². The maximum absolute atomic E-state index is 11.1. The van der Waals surface area contributed by atoms with Crippen LogP contribution in [-0.2, 0) is 9.53 Å². The van der Waals surface area contributed by atoms with E-state index in [9.17, 15) is 4.79 Å². The van der Waals surface area contributed by atoms with E-state index < -0.39 is 12.0 Å². The normalized spacial score (nSPS) is 11.7. The smallest absolute Gasteiger partial charge is 0.326 e. The van der Waals surface area contributed by atoms with Gasteiger partial charge in [-0.1, -0.05) is 12.1 Å². The summed E-state index contributed by atoms with van der Waals surface area (Å²) in [6, 6.07) is 6.42. The number of esters is 1. The fourth-order valence-corrected chi connectivity index (χ4v) is 1.24. The van der Waals surface area contributed by atoms with E-state index >= 15 is 0 Å². The number of benzene rings is 1. The first-order valence-corrected chi connectivity index (χ1v) is 5.37. The highest BCUT2D eigenvalue weighted by molar-refractivity contribution is 5.75. The topological polar surface area (TPSA) is 70.8 Å². The largest absolute Gasteiger partial charge is 0.490 e. The predicted octanol–water partition coefficient (Wildman–Crippen LogP) is 0.964. The predicted molar refractivity (Wildman–Crippen MR) is 63.1 cm³/mol. The minimum absolute atomic E-state index is 0.0523. The highest BCUT2D eigenvalue weighted by Crippen LogP contribution is 2.26. The second-order valence-electron chi connectivity index (χ2n) is 3.32. The average Bonchev–Trinajstić information content (AvgIpc) is 2.36. The molecule has 1 aromatic carbocycles. The van der Waals surface area contributed by atoms with Gasteiger partial charge in [-0.25, -0.2) is 0 Å². The van der Waals surface area contributed by atoms with Crippen molar-refractivity contribution in [3.8, 4) is 11.5 Å². The number of methoxy groups -OCH3 is 1. The zero-order valence-corrected chi connectivity index (χ0v) is 10.0. The van der Waals surface area contributed by atoms with Crippen LogP contribution in [0.4, 0.5) is 0 Å². The monoisotopic (exact) mass is 239 g/mol. The summed E-state index contributed by atoms with van der Waals surface area (Å²) in [5.74, 6) is 0.694. The molecule has 0 aliphatic rings. The third-order valence-corrected chi connectivity index (χ3v) is 2.07. The fraction of sp³-hybridized carbons (Fsp3) is 0.417. The number of hydrogen-bond acceptors (Lipinski definition) is 5. The Morgan fingerprint density at radius 3 is 2.41 bits per heavy atom. The molecule has 1 rings (SSSR count). The van der Waals surface area contributed by atoms with Crippen molar-refractivity contribution in [1.82, 2.24) is 0 Å². The summed E-state index contributed by atoms with van der Waals surface area (Å²) in [5, 5.41) is 0. The minimum atomic E-state index is -0.797. The van der Waals surface area contributed by atoms with Gasteiger partial charge in [0.1, 0.15) is 12.6 Å². The van der Waals surface area contributed by atoms with Crippen molar-refractivity contribution in [1.29, 1.82) is 0 Å². The number of nitrogens with two attached hydrogens (primary N) is 1. The van der Waals surface area contributed by atoms with Crippen LogP contribution < -0.4 is 15.2 Å². The van der Waals surface area contributed by atoms with Crippen LogP contribution in [0.1, 0.15) is 6.92 Å². The van der Waals surface area contributed by atoms with E-state index in [4.69, 9.17) is 15.2 Å². The molecular formula is C12H17NO4. The van der Waals surface area contributed by atoms with E-state index in [1.165, 1.54) is 7.11 Å². The molecule has 5 nitrogen and oxygen atoms in total. The Kier molecular flexibility index (Phi) is 5.29. The number of para-hydroxylation sites is 2. The van der Waals surface area contributed by atoms with E-state index in [1.54, 1.807) is 12.1 Å². The van der Waals surface area contributed by atoms with Gasteiger partial charge in [0.25, 0.3) is 0 Å². The van der Waals surface area contributed by atoms with Gasteiger partial charge >= 0.3 is 5.97 Å². The summed E-state index contributed by atoms with van der Waals surface area (Å²) in [6.07, 6.45) is 0. The Labute approximate surface area is 100 Å². The Balaban J connectivity index is 2.59. The molecule has 1 atom stereocenters. The van der Waals surface area contributed by atoms with Gasteiger partial charge in [0.2, 0.25) is 0 Å². The van der Waals surface area contributed by atoms with Crippen molar-refractivity contribution in [2.75, 3.05) is 20.3 Å². The van der Waals surface area contributed by atoms with Gasteiger partial charge in [-0.15, -0.1) is 0 Å². The fourth-order valence-electron chi connectivity index (χ4n) is 1.24. The third-order valence-electron chi connectivity index (χ3n) is 2.07. The lowest BCUT2D eigenvalue weighted by molar-refractivity contribution is -0.142. The van der Waals surface area contributed by atoms with E-state index in [0.29, 0.717) is 18.1 Å². The SMILES string of the molecule is CCOc1ccccc1OCC(N)C(=O)OC. The summed E-state index contributed by atoms with van der Waals surface area (Å²) in [4.78, 5) is 11.1.